The number of rotatable bonds is 6. The lowest BCUT2D eigenvalue weighted by atomic mass is 10.2. The van der Waals surface area contributed by atoms with E-state index in [4.69, 9.17) is 12.2 Å². The molecule has 34 heavy (non-hydrogen) atoms. The second kappa shape index (κ2) is 9.49. The lowest BCUT2D eigenvalue weighted by molar-refractivity contribution is -0.122. The summed E-state index contributed by atoms with van der Waals surface area (Å²) < 4.78 is 5.74. The molecule has 1 amide bonds. The van der Waals surface area contributed by atoms with Crippen molar-refractivity contribution in [3.63, 3.8) is 0 Å². The van der Waals surface area contributed by atoms with Crippen LogP contribution >= 0.6 is 12.2 Å². The SMILES string of the molecule is Cn1c(=O)c2ccccc2n2c(=S)n(CN3CCN(CC(=O)NCc4ccccc4)CC3)nc12. The van der Waals surface area contributed by atoms with E-state index >= 15 is 0 Å². The molecule has 10 heteroatoms. The molecule has 4 aromatic rings. The van der Waals surface area contributed by atoms with E-state index in [1.165, 1.54) is 0 Å². The van der Waals surface area contributed by atoms with Gasteiger partial charge in [0.25, 0.3) is 5.56 Å². The van der Waals surface area contributed by atoms with Gasteiger partial charge in [0.2, 0.25) is 16.5 Å². The number of carbonyl (C=O) groups is 1. The highest BCUT2D eigenvalue weighted by Gasteiger charge is 2.21. The van der Waals surface area contributed by atoms with Crippen molar-refractivity contribution in [2.45, 2.75) is 13.2 Å². The zero-order valence-corrected chi connectivity index (χ0v) is 19.9. The van der Waals surface area contributed by atoms with Gasteiger partial charge in [-0.15, -0.1) is 5.10 Å². The highest BCUT2D eigenvalue weighted by molar-refractivity contribution is 7.71. The molecule has 1 saturated heterocycles. The molecule has 5 rings (SSSR count). The van der Waals surface area contributed by atoms with Gasteiger partial charge in [0.05, 0.1) is 24.1 Å². The number of amides is 1. The lowest BCUT2D eigenvalue weighted by Crippen LogP contribution is -2.49. The van der Waals surface area contributed by atoms with Crippen LogP contribution in [-0.2, 0) is 25.1 Å². The molecule has 0 spiro atoms. The first-order valence-electron chi connectivity index (χ1n) is 11.3. The van der Waals surface area contributed by atoms with E-state index in [0.717, 1.165) is 37.3 Å². The number of hydrogen-bond donors (Lipinski definition) is 1. The van der Waals surface area contributed by atoms with Gasteiger partial charge in [0.15, 0.2) is 0 Å². The first-order valence-corrected chi connectivity index (χ1v) is 11.7. The summed E-state index contributed by atoms with van der Waals surface area (Å²) in [6.45, 7) is 4.67. The van der Waals surface area contributed by atoms with Crippen LogP contribution in [0, 0.1) is 4.77 Å². The Morgan fingerprint density at radius 3 is 2.44 bits per heavy atom. The van der Waals surface area contributed by atoms with Gasteiger partial charge in [-0.1, -0.05) is 42.5 Å². The second-order valence-electron chi connectivity index (χ2n) is 8.60. The van der Waals surface area contributed by atoms with Gasteiger partial charge >= 0.3 is 0 Å². The molecule has 1 fully saturated rings. The van der Waals surface area contributed by atoms with Crippen LogP contribution in [0.5, 0.6) is 0 Å². The summed E-state index contributed by atoms with van der Waals surface area (Å²) in [7, 11) is 1.72. The molecule has 176 valence electrons. The van der Waals surface area contributed by atoms with Crippen molar-refractivity contribution in [3.05, 3.63) is 75.3 Å². The summed E-state index contributed by atoms with van der Waals surface area (Å²) in [6.07, 6.45) is 0. The minimum absolute atomic E-state index is 0.0349. The smallest absolute Gasteiger partial charge is 0.262 e. The standard InChI is InChI=1S/C24H27N7O2S/c1-27-22(33)19-9-5-6-10-20(19)31-23(27)26-30(24(31)34)17-29-13-11-28(12-14-29)16-21(32)25-15-18-7-3-2-4-8-18/h2-10H,11-17H2,1H3,(H,25,32). The summed E-state index contributed by atoms with van der Waals surface area (Å²) in [6, 6.07) is 17.4. The Labute approximate surface area is 201 Å². The predicted octanol–water partition coefficient (Wildman–Crippen LogP) is 1.61. The zero-order valence-electron chi connectivity index (χ0n) is 19.1. The molecule has 0 radical (unpaired) electrons. The summed E-state index contributed by atoms with van der Waals surface area (Å²) >= 11 is 5.73. The minimum Gasteiger partial charge on any atom is -0.351 e. The number of benzene rings is 2. The number of piperazine rings is 1. The number of hydrogen-bond acceptors (Lipinski definition) is 6. The fourth-order valence-corrected chi connectivity index (χ4v) is 4.65. The average Bonchev–Trinajstić information content (AvgIpc) is 3.19. The number of fused-ring (bicyclic) bond motifs is 3. The number of aromatic nitrogens is 4. The molecule has 3 heterocycles. The molecule has 1 aliphatic heterocycles. The van der Waals surface area contributed by atoms with Crippen molar-refractivity contribution in [1.82, 2.24) is 33.9 Å². The summed E-state index contributed by atoms with van der Waals surface area (Å²) in [5.41, 5.74) is 1.77. The summed E-state index contributed by atoms with van der Waals surface area (Å²) in [4.78, 5) is 29.5. The van der Waals surface area contributed by atoms with Crippen molar-refractivity contribution < 1.29 is 4.79 Å². The molecule has 0 aliphatic carbocycles. The number of aryl methyl sites for hydroxylation is 1. The van der Waals surface area contributed by atoms with E-state index in [1.807, 2.05) is 59.0 Å². The van der Waals surface area contributed by atoms with Gasteiger partial charge in [-0.05, 0) is 29.9 Å². The van der Waals surface area contributed by atoms with Crippen LogP contribution in [0.15, 0.2) is 59.4 Å². The summed E-state index contributed by atoms with van der Waals surface area (Å²) in [5, 5.41) is 8.27. The van der Waals surface area contributed by atoms with Crippen LogP contribution in [0.3, 0.4) is 0 Å². The molecule has 0 saturated carbocycles. The summed E-state index contributed by atoms with van der Waals surface area (Å²) in [5.74, 6) is 0.565. The monoisotopic (exact) mass is 477 g/mol. The fraction of sp³-hybridized carbons (Fsp3) is 0.333. The maximum Gasteiger partial charge on any atom is 0.262 e. The van der Waals surface area contributed by atoms with Crippen LogP contribution in [-0.4, -0.2) is 67.2 Å². The van der Waals surface area contributed by atoms with E-state index in [1.54, 1.807) is 16.3 Å². The third kappa shape index (κ3) is 4.39. The Hall–Kier alpha value is -3.34. The first-order chi connectivity index (χ1) is 16.5. The Bertz CT molecular complexity index is 1450. The number of carbonyl (C=O) groups excluding carboxylic acids is 1. The van der Waals surface area contributed by atoms with E-state index < -0.39 is 0 Å². The van der Waals surface area contributed by atoms with Crippen molar-refractivity contribution in [1.29, 1.82) is 0 Å². The fourth-order valence-electron chi connectivity index (χ4n) is 4.37. The average molecular weight is 478 g/mol. The van der Waals surface area contributed by atoms with Crippen LogP contribution < -0.4 is 10.9 Å². The highest BCUT2D eigenvalue weighted by Crippen LogP contribution is 2.14. The molecule has 2 aromatic heterocycles. The number of para-hydroxylation sites is 1. The molecule has 2 aromatic carbocycles. The van der Waals surface area contributed by atoms with Crippen molar-refractivity contribution in [3.8, 4) is 0 Å². The predicted molar refractivity (Wildman–Crippen MR) is 133 cm³/mol. The third-order valence-corrected chi connectivity index (χ3v) is 6.69. The van der Waals surface area contributed by atoms with Gasteiger partial charge in [0.1, 0.15) is 0 Å². The minimum atomic E-state index is -0.0885. The molecular weight excluding hydrogens is 450 g/mol. The van der Waals surface area contributed by atoms with Crippen LogP contribution in [0.25, 0.3) is 16.7 Å². The molecule has 0 unspecified atom stereocenters. The first kappa shape index (κ1) is 22.5. The van der Waals surface area contributed by atoms with E-state index in [0.29, 0.717) is 35.7 Å². The second-order valence-corrected chi connectivity index (χ2v) is 8.96. The Morgan fingerprint density at radius 2 is 1.68 bits per heavy atom. The number of nitrogens with zero attached hydrogens (tertiary/aromatic N) is 6. The maximum atomic E-state index is 12.7. The van der Waals surface area contributed by atoms with Crippen LogP contribution in [0.2, 0.25) is 0 Å². The van der Waals surface area contributed by atoms with Crippen molar-refractivity contribution >= 4 is 34.8 Å². The van der Waals surface area contributed by atoms with E-state index in [-0.39, 0.29) is 11.5 Å². The Balaban J connectivity index is 1.22. The third-order valence-electron chi connectivity index (χ3n) is 6.30. The van der Waals surface area contributed by atoms with Gasteiger partial charge < -0.3 is 5.32 Å². The zero-order chi connectivity index (χ0) is 23.7. The Morgan fingerprint density at radius 1 is 1.00 bits per heavy atom. The van der Waals surface area contributed by atoms with Gasteiger partial charge in [0, 0.05) is 39.8 Å². The molecule has 1 N–H and O–H groups in total. The molecule has 0 atom stereocenters. The van der Waals surface area contributed by atoms with E-state index in [9.17, 15) is 9.59 Å². The van der Waals surface area contributed by atoms with Crippen LogP contribution in [0.1, 0.15) is 5.56 Å². The quantitative estimate of drug-likeness (QED) is 0.425. The van der Waals surface area contributed by atoms with Gasteiger partial charge in [-0.25, -0.2) is 4.68 Å². The maximum absolute atomic E-state index is 12.7. The largest absolute Gasteiger partial charge is 0.351 e. The molecule has 1 aliphatic rings. The molecule has 9 nitrogen and oxygen atoms in total. The van der Waals surface area contributed by atoms with Gasteiger partial charge in [-0.3, -0.25) is 28.4 Å². The van der Waals surface area contributed by atoms with Crippen molar-refractivity contribution in [2.24, 2.45) is 7.05 Å². The Kier molecular flexibility index (Phi) is 6.27. The number of nitrogens with one attached hydrogen (secondary N) is 1. The normalized spacial score (nSPS) is 15.2. The van der Waals surface area contributed by atoms with Crippen LogP contribution in [0.4, 0.5) is 0 Å². The van der Waals surface area contributed by atoms with E-state index in [2.05, 4.69) is 20.2 Å². The van der Waals surface area contributed by atoms with Gasteiger partial charge in [-0.2, -0.15) is 0 Å². The topological polar surface area (TPSA) is 79.8 Å². The highest BCUT2D eigenvalue weighted by atomic mass is 32.1. The molecule has 0 bridgehead atoms. The lowest BCUT2D eigenvalue weighted by Gasteiger charge is -2.33. The molecular formula is C24H27N7O2S. The van der Waals surface area contributed by atoms with Crippen molar-refractivity contribution in [2.75, 3.05) is 32.7 Å².